The monoisotopic (exact) mass is 511 g/mol. The van der Waals surface area contributed by atoms with Gasteiger partial charge in [-0.05, 0) is 68.1 Å². The van der Waals surface area contributed by atoms with Crippen molar-refractivity contribution in [1.82, 2.24) is 13.7 Å². The minimum absolute atomic E-state index is 0.128. The smallest absolute Gasteiger partial charge is 0.336 e. The highest BCUT2D eigenvalue weighted by atomic mass is 35.5. The van der Waals surface area contributed by atoms with Crippen molar-refractivity contribution in [2.24, 2.45) is 12.0 Å². The second-order valence-corrected chi connectivity index (χ2v) is 9.32. The first-order valence-electron chi connectivity index (χ1n) is 11.9. The maximum Gasteiger partial charge on any atom is 0.336 e. The summed E-state index contributed by atoms with van der Waals surface area (Å²) in [7, 11) is 2.74. The fourth-order valence-corrected chi connectivity index (χ4v) is 4.51. The molecule has 0 radical (unpaired) electrons. The van der Waals surface area contributed by atoms with Crippen LogP contribution in [0.15, 0.2) is 63.1 Å². The zero-order chi connectivity index (χ0) is 25.8. The van der Waals surface area contributed by atoms with Crippen LogP contribution in [0.2, 0.25) is 5.02 Å². The molecule has 190 valence electrons. The molecule has 2 heterocycles. The Morgan fingerprint density at radius 2 is 1.64 bits per heavy atom. The summed E-state index contributed by atoms with van der Waals surface area (Å²) in [6.45, 7) is 3.64. The van der Waals surface area contributed by atoms with Crippen LogP contribution >= 0.6 is 11.6 Å². The van der Waals surface area contributed by atoms with Crippen molar-refractivity contribution >= 4 is 28.9 Å². The summed E-state index contributed by atoms with van der Waals surface area (Å²) in [5.41, 5.74) is 1.37. The molecular formula is C26H30ClN5O4. The van der Waals surface area contributed by atoms with Gasteiger partial charge < -0.3 is 9.64 Å². The van der Waals surface area contributed by atoms with E-state index < -0.39 is 23.4 Å². The molecule has 2 aromatic carbocycles. The lowest BCUT2D eigenvalue weighted by atomic mass is 10.1. The van der Waals surface area contributed by atoms with E-state index in [-0.39, 0.29) is 12.2 Å². The van der Waals surface area contributed by atoms with E-state index in [0.717, 1.165) is 28.9 Å². The molecule has 1 saturated heterocycles. The van der Waals surface area contributed by atoms with Crippen molar-refractivity contribution in [3.8, 4) is 0 Å². The topological polar surface area (TPSA) is 90.8 Å². The third-order valence-electron chi connectivity index (χ3n) is 6.45. The Hall–Kier alpha value is -3.59. The number of halogens is 1. The second-order valence-electron chi connectivity index (χ2n) is 8.88. The summed E-state index contributed by atoms with van der Waals surface area (Å²) in [6, 6.07) is 13.7. The number of hydrogen-bond donors (Lipinski definition) is 0. The van der Waals surface area contributed by atoms with Crippen LogP contribution in [-0.2, 0) is 23.1 Å². The van der Waals surface area contributed by atoms with Crippen LogP contribution in [0, 0.1) is 0 Å². The molecule has 1 aliphatic rings. The summed E-state index contributed by atoms with van der Waals surface area (Å²) >= 11 is 6.03. The summed E-state index contributed by atoms with van der Waals surface area (Å²) in [4.78, 5) is 46.0. The zero-order valence-electron chi connectivity index (χ0n) is 20.7. The highest BCUT2D eigenvalue weighted by molar-refractivity contribution is 6.30. The number of methoxy groups -OCH3 is 1. The van der Waals surface area contributed by atoms with E-state index in [0.29, 0.717) is 10.7 Å². The van der Waals surface area contributed by atoms with Gasteiger partial charge in [0.05, 0.1) is 19.3 Å². The molecule has 9 nitrogen and oxygen atoms in total. The van der Waals surface area contributed by atoms with Gasteiger partial charge in [-0.3, -0.25) is 9.13 Å². The van der Waals surface area contributed by atoms with Gasteiger partial charge in [-0.2, -0.15) is 0 Å². The van der Waals surface area contributed by atoms with Crippen LogP contribution in [0.1, 0.15) is 37.8 Å². The molecule has 0 aliphatic carbocycles. The standard InChI is InChI=1S/C26H30ClN5O4/c1-18(23(33)36-3)32-25(34)29(2)24(31(26(32)35)17-19-7-9-20(27)10-8-19)28-21-11-13-22(14-12-21)30-15-5-4-6-16-30/h7-14,18H,4-6,15-17H2,1-3H3/b28-24+/t18-/m1/s1. The Labute approximate surface area is 213 Å². The van der Waals surface area contributed by atoms with Crippen LogP contribution in [-0.4, -0.2) is 39.9 Å². The first kappa shape index (κ1) is 25.5. The molecule has 0 spiro atoms. The van der Waals surface area contributed by atoms with Gasteiger partial charge in [0.1, 0.15) is 6.04 Å². The molecular weight excluding hydrogens is 482 g/mol. The number of anilines is 1. The van der Waals surface area contributed by atoms with Crippen molar-refractivity contribution in [2.75, 3.05) is 25.1 Å². The van der Waals surface area contributed by atoms with Crippen LogP contribution in [0.3, 0.4) is 0 Å². The molecule has 4 rings (SSSR count). The van der Waals surface area contributed by atoms with E-state index >= 15 is 0 Å². The molecule has 10 heteroatoms. The van der Waals surface area contributed by atoms with Crippen LogP contribution < -0.4 is 21.9 Å². The third kappa shape index (κ3) is 5.31. The van der Waals surface area contributed by atoms with E-state index in [4.69, 9.17) is 16.3 Å². The summed E-state index contributed by atoms with van der Waals surface area (Å²) < 4.78 is 8.32. The maximum absolute atomic E-state index is 13.6. The van der Waals surface area contributed by atoms with Crippen LogP contribution in [0.4, 0.5) is 11.4 Å². The average molecular weight is 512 g/mol. The van der Waals surface area contributed by atoms with Gasteiger partial charge in [-0.15, -0.1) is 0 Å². The number of carbonyl (C=O) groups is 1. The Kier molecular flexibility index (Phi) is 7.79. The van der Waals surface area contributed by atoms with Crippen molar-refractivity contribution < 1.29 is 9.53 Å². The van der Waals surface area contributed by atoms with Gasteiger partial charge in [0.25, 0.3) is 0 Å². The molecule has 0 N–H and O–H groups in total. The molecule has 0 amide bonds. The van der Waals surface area contributed by atoms with Gasteiger partial charge in [0.2, 0.25) is 5.62 Å². The van der Waals surface area contributed by atoms with E-state index in [1.165, 1.54) is 49.5 Å². The maximum atomic E-state index is 13.6. The molecule has 36 heavy (non-hydrogen) atoms. The first-order valence-corrected chi connectivity index (χ1v) is 12.3. The van der Waals surface area contributed by atoms with Crippen LogP contribution in [0.25, 0.3) is 0 Å². The summed E-state index contributed by atoms with van der Waals surface area (Å²) in [5.74, 6) is -0.690. The number of esters is 1. The molecule has 1 aromatic heterocycles. The minimum Gasteiger partial charge on any atom is -0.467 e. The summed E-state index contributed by atoms with van der Waals surface area (Å²) in [6.07, 6.45) is 3.62. The lowest BCUT2D eigenvalue weighted by Crippen LogP contribution is -2.55. The molecule has 3 aromatic rings. The minimum atomic E-state index is -1.10. The third-order valence-corrected chi connectivity index (χ3v) is 6.71. The first-order chi connectivity index (χ1) is 17.3. The Morgan fingerprint density at radius 1 is 1.00 bits per heavy atom. The van der Waals surface area contributed by atoms with Gasteiger partial charge >= 0.3 is 17.3 Å². The molecule has 0 unspecified atom stereocenters. The Bertz CT molecular complexity index is 1420. The number of piperidine rings is 1. The van der Waals surface area contributed by atoms with E-state index in [2.05, 4.69) is 9.89 Å². The molecule has 1 atom stereocenters. The van der Waals surface area contributed by atoms with E-state index in [9.17, 15) is 14.4 Å². The highest BCUT2D eigenvalue weighted by Crippen LogP contribution is 2.22. The molecule has 1 aliphatic heterocycles. The number of aromatic nitrogens is 3. The van der Waals surface area contributed by atoms with Gasteiger partial charge in [-0.25, -0.2) is 23.9 Å². The van der Waals surface area contributed by atoms with Crippen molar-refractivity contribution in [3.63, 3.8) is 0 Å². The largest absolute Gasteiger partial charge is 0.467 e. The number of hydrogen-bond acceptors (Lipinski definition) is 6. The van der Waals surface area contributed by atoms with Crippen molar-refractivity contribution in [1.29, 1.82) is 0 Å². The normalized spacial score (nSPS) is 15.1. The average Bonchev–Trinajstić information content (AvgIpc) is 2.90. The quantitative estimate of drug-likeness (QED) is 0.474. The molecule has 0 bridgehead atoms. The second kappa shape index (κ2) is 11.0. The molecule has 1 fully saturated rings. The van der Waals surface area contributed by atoms with E-state index in [1.54, 1.807) is 24.3 Å². The van der Waals surface area contributed by atoms with Crippen LogP contribution in [0.5, 0.6) is 0 Å². The van der Waals surface area contributed by atoms with Crippen molar-refractivity contribution in [3.05, 3.63) is 85.7 Å². The SMILES string of the molecule is COC(=O)[C@@H](C)n1c(=O)n(C)/c(=N\c2ccc(N3CCCCC3)cc2)n(Cc2ccc(Cl)cc2)c1=O. The molecule has 0 saturated carbocycles. The number of rotatable bonds is 6. The van der Waals surface area contributed by atoms with Crippen molar-refractivity contribution in [2.45, 2.75) is 38.8 Å². The predicted octanol–water partition coefficient (Wildman–Crippen LogP) is 3.01. The number of benzene rings is 2. The highest BCUT2D eigenvalue weighted by Gasteiger charge is 2.23. The fourth-order valence-electron chi connectivity index (χ4n) is 4.38. The van der Waals surface area contributed by atoms with Gasteiger partial charge in [-0.1, -0.05) is 23.7 Å². The number of nitrogens with zero attached hydrogens (tertiary/aromatic N) is 5. The lowest BCUT2D eigenvalue weighted by molar-refractivity contribution is -0.144. The number of ether oxygens (including phenoxy) is 1. The Morgan fingerprint density at radius 3 is 2.25 bits per heavy atom. The fraction of sp³-hybridized carbons (Fsp3) is 0.385. The zero-order valence-corrected chi connectivity index (χ0v) is 21.4. The van der Waals surface area contributed by atoms with Gasteiger partial charge in [0.15, 0.2) is 0 Å². The Balaban J connectivity index is 1.85. The lowest BCUT2D eigenvalue weighted by Gasteiger charge is -2.28. The van der Waals surface area contributed by atoms with Gasteiger partial charge in [0, 0.05) is 30.8 Å². The van der Waals surface area contributed by atoms with E-state index in [1.807, 2.05) is 24.3 Å². The predicted molar refractivity (Wildman–Crippen MR) is 139 cm³/mol. The summed E-state index contributed by atoms with van der Waals surface area (Å²) in [5, 5.41) is 0.569. The number of carbonyl (C=O) groups excluding carboxylic acids is 1.